The van der Waals surface area contributed by atoms with Gasteiger partial charge in [0.25, 0.3) is 10.0 Å². The van der Waals surface area contributed by atoms with Gasteiger partial charge in [0.2, 0.25) is 5.91 Å². The zero-order valence-electron chi connectivity index (χ0n) is 16.7. The number of fused-ring (bicyclic) bond motifs is 1. The summed E-state index contributed by atoms with van der Waals surface area (Å²) in [6.07, 6.45) is 0. The number of carbonyl (C=O) groups is 1. The quantitative estimate of drug-likeness (QED) is 0.365. The number of nitrogens with zero attached hydrogens (tertiary/aromatic N) is 1. The third-order valence-electron chi connectivity index (χ3n) is 4.79. The zero-order chi connectivity index (χ0) is 22.7. The lowest BCUT2D eigenvalue weighted by molar-refractivity contribution is -0.114. The van der Waals surface area contributed by atoms with Gasteiger partial charge in [-0.25, -0.2) is 8.42 Å². The van der Waals surface area contributed by atoms with E-state index in [0.717, 1.165) is 15.1 Å². The van der Waals surface area contributed by atoms with Gasteiger partial charge in [0.05, 0.1) is 10.6 Å². The van der Waals surface area contributed by atoms with Crippen LogP contribution in [-0.2, 0) is 14.8 Å². The van der Waals surface area contributed by atoms with Crippen LogP contribution in [-0.4, -0.2) is 20.9 Å². The van der Waals surface area contributed by atoms with Crippen LogP contribution in [0.15, 0.2) is 95.9 Å². The van der Waals surface area contributed by atoms with Crippen LogP contribution in [0.4, 0.5) is 11.4 Å². The van der Waals surface area contributed by atoms with Crippen molar-refractivity contribution in [3.8, 4) is 0 Å². The molecule has 0 aliphatic carbocycles. The highest BCUT2D eigenvalue weighted by Gasteiger charge is 2.27. The van der Waals surface area contributed by atoms with Gasteiger partial charge in [-0.1, -0.05) is 71.7 Å². The summed E-state index contributed by atoms with van der Waals surface area (Å²) in [5.74, 6) is -0.504. The molecule has 0 aromatic heterocycles. The molecule has 5 nitrogen and oxygen atoms in total. The predicted octanol–water partition coefficient (Wildman–Crippen LogP) is 5.98. The summed E-state index contributed by atoms with van der Waals surface area (Å²) in [6.45, 7) is -0.458. The number of benzene rings is 4. The molecule has 0 bridgehead atoms. The lowest BCUT2D eigenvalue weighted by Crippen LogP contribution is -2.38. The number of amides is 1. The smallest absolute Gasteiger partial charge is 0.264 e. The first-order chi connectivity index (χ1) is 15.3. The van der Waals surface area contributed by atoms with Crippen molar-refractivity contribution in [1.29, 1.82) is 0 Å². The van der Waals surface area contributed by atoms with Crippen LogP contribution in [0.3, 0.4) is 0 Å². The minimum atomic E-state index is -4.05. The maximum absolute atomic E-state index is 13.4. The number of halogens is 2. The van der Waals surface area contributed by atoms with E-state index >= 15 is 0 Å². The molecule has 32 heavy (non-hydrogen) atoms. The van der Waals surface area contributed by atoms with E-state index in [1.807, 2.05) is 36.4 Å². The molecule has 0 saturated heterocycles. The molecule has 0 saturated carbocycles. The van der Waals surface area contributed by atoms with Gasteiger partial charge in [0.1, 0.15) is 6.54 Å². The number of rotatable bonds is 6. The summed E-state index contributed by atoms with van der Waals surface area (Å²) in [5, 5.41) is 5.29. The fourth-order valence-corrected chi connectivity index (χ4v) is 5.26. The molecule has 0 fully saturated rings. The summed E-state index contributed by atoms with van der Waals surface area (Å²) in [7, 11) is -4.05. The molecule has 0 spiro atoms. The molecule has 0 radical (unpaired) electrons. The molecule has 0 atom stereocenters. The van der Waals surface area contributed by atoms with E-state index in [0.29, 0.717) is 5.69 Å². The lowest BCUT2D eigenvalue weighted by atomic mass is 10.1. The van der Waals surface area contributed by atoms with E-state index in [9.17, 15) is 13.2 Å². The van der Waals surface area contributed by atoms with E-state index in [-0.39, 0.29) is 20.6 Å². The average Bonchev–Trinajstić information content (AvgIpc) is 2.77. The van der Waals surface area contributed by atoms with E-state index < -0.39 is 22.5 Å². The third kappa shape index (κ3) is 4.88. The van der Waals surface area contributed by atoms with Crippen LogP contribution in [0.1, 0.15) is 0 Å². The molecule has 0 aliphatic heterocycles. The van der Waals surface area contributed by atoms with Gasteiger partial charge in [-0.15, -0.1) is 0 Å². The largest absolute Gasteiger partial charge is 0.324 e. The van der Waals surface area contributed by atoms with Crippen LogP contribution in [0.25, 0.3) is 10.8 Å². The first-order valence-corrected chi connectivity index (χ1v) is 11.8. The van der Waals surface area contributed by atoms with E-state index in [1.54, 1.807) is 24.3 Å². The first-order valence-electron chi connectivity index (χ1n) is 9.65. The minimum absolute atomic E-state index is 0.0506. The van der Waals surface area contributed by atoms with Crippen LogP contribution < -0.4 is 9.62 Å². The highest BCUT2D eigenvalue weighted by atomic mass is 35.5. The highest BCUT2D eigenvalue weighted by Crippen LogP contribution is 2.30. The second-order valence-corrected chi connectivity index (χ2v) is 9.80. The molecule has 4 aromatic carbocycles. The minimum Gasteiger partial charge on any atom is -0.324 e. The molecular formula is C24H18Cl2N2O3S. The summed E-state index contributed by atoms with van der Waals surface area (Å²) >= 11 is 12.2. The van der Waals surface area contributed by atoms with Gasteiger partial charge in [-0.05, 0) is 53.2 Å². The second kappa shape index (κ2) is 9.20. The Hall–Kier alpha value is -3.06. The van der Waals surface area contributed by atoms with Crippen molar-refractivity contribution in [2.75, 3.05) is 16.2 Å². The number of sulfonamides is 1. The number of nitrogens with one attached hydrogen (secondary N) is 1. The monoisotopic (exact) mass is 484 g/mol. The van der Waals surface area contributed by atoms with Crippen molar-refractivity contribution in [1.82, 2.24) is 0 Å². The Labute approximate surface area is 196 Å². The van der Waals surface area contributed by atoms with Gasteiger partial charge < -0.3 is 5.32 Å². The Kier molecular flexibility index (Phi) is 6.37. The van der Waals surface area contributed by atoms with E-state index in [1.165, 1.54) is 30.3 Å². The molecular weight excluding hydrogens is 467 g/mol. The van der Waals surface area contributed by atoms with Gasteiger partial charge >= 0.3 is 0 Å². The van der Waals surface area contributed by atoms with Crippen LogP contribution >= 0.6 is 23.2 Å². The van der Waals surface area contributed by atoms with Gasteiger partial charge in [0.15, 0.2) is 0 Å². The summed E-state index contributed by atoms with van der Waals surface area (Å²) < 4.78 is 27.8. The topological polar surface area (TPSA) is 66.5 Å². The summed E-state index contributed by atoms with van der Waals surface area (Å²) in [5.41, 5.74) is 0.759. The second-order valence-electron chi connectivity index (χ2n) is 7.06. The number of carbonyl (C=O) groups excluding carboxylic acids is 1. The van der Waals surface area contributed by atoms with Crippen molar-refractivity contribution in [2.45, 2.75) is 4.90 Å². The van der Waals surface area contributed by atoms with E-state index in [4.69, 9.17) is 23.2 Å². The van der Waals surface area contributed by atoms with Crippen molar-refractivity contribution in [3.05, 3.63) is 101 Å². The SMILES string of the molecule is O=C(CN(c1cc(Cl)cc(Cl)c1)S(=O)(=O)c1ccccc1)Nc1ccc2ccccc2c1. The number of hydrogen-bond donors (Lipinski definition) is 1. The Morgan fingerprint density at radius 1 is 0.781 bits per heavy atom. The van der Waals surface area contributed by atoms with Crippen LogP contribution in [0.2, 0.25) is 10.0 Å². The molecule has 0 heterocycles. The van der Waals surface area contributed by atoms with Crippen LogP contribution in [0, 0.1) is 0 Å². The predicted molar refractivity (Wildman–Crippen MR) is 130 cm³/mol. The molecule has 4 rings (SSSR count). The molecule has 162 valence electrons. The fraction of sp³-hybridized carbons (Fsp3) is 0.0417. The Balaban J connectivity index is 1.67. The molecule has 0 aliphatic rings. The van der Waals surface area contributed by atoms with Gasteiger partial charge in [-0.2, -0.15) is 0 Å². The lowest BCUT2D eigenvalue weighted by Gasteiger charge is -2.24. The van der Waals surface area contributed by atoms with Crippen molar-refractivity contribution >= 4 is 61.3 Å². The van der Waals surface area contributed by atoms with Gasteiger partial charge in [-0.3, -0.25) is 9.10 Å². The maximum Gasteiger partial charge on any atom is 0.264 e. The Morgan fingerprint density at radius 2 is 1.41 bits per heavy atom. The normalized spacial score (nSPS) is 11.3. The zero-order valence-corrected chi connectivity index (χ0v) is 19.0. The van der Waals surface area contributed by atoms with E-state index in [2.05, 4.69) is 5.32 Å². The van der Waals surface area contributed by atoms with Crippen LogP contribution in [0.5, 0.6) is 0 Å². The van der Waals surface area contributed by atoms with Crippen molar-refractivity contribution in [3.63, 3.8) is 0 Å². The number of anilines is 2. The highest BCUT2D eigenvalue weighted by molar-refractivity contribution is 7.92. The molecule has 8 heteroatoms. The summed E-state index contributed by atoms with van der Waals surface area (Å²) in [4.78, 5) is 12.9. The van der Waals surface area contributed by atoms with Gasteiger partial charge in [0, 0.05) is 15.7 Å². The Morgan fingerprint density at radius 3 is 2.09 bits per heavy atom. The summed E-state index contributed by atoms with van der Waals surface area (Å²) in [6, 6.07) is 25.5. The molecule has 4 aromatic rings. The van der Waals surface area contributed by atoms with Crippen molar-refractivity contribution < 1.29 is 13.2 Å². The molecule has 0 unspecified atom stereocenters. The maximum atomic E-state index is 13.4. The average molecular weight is 485 g/mol. The number of hydrogen-bond acceptors (Lipinski definition) is 3. The third-order valence-corrected chi connectivity index (χ3v) is 7.01. The first kappa shape index (κ1) is 22.1. The Bertz CT molecular complexity index is 1370. The fourth-order valence-electron chi connectivity index (χ4n) is 3.32. The standard InChI is InChI=1S/C24H18Cl2N2O3S/c25-19-13-20(26)15-22(14-19)28(32(30,31)23-8-2-1-3-9-23)16-24(29)27-21-11-10-17-6-4-5-7-18(17)12-21/h1-15H,16H2,(H,27,29). The van der Waals surface area contributed by atoms with Crippen molar-refractivity contribution in [2.24, 2.45) is 0 Å². The molecule has 1 amide bonds. The molecule has 1 N–H and O–H groups in total.